The molecule has 2 atom stereocenters. The van der Waals surface area contributed by atoms with Crippen LogP contribution in [0.2, 0.25) is 0 Å². The van der Waals surface area contributed by atoms with Gasteiger partial charge in [-0.15, -0.1) is 0 Å². The lowest BCUT2D eigenvalue weighted by Crippen LogP contribution is -2.16. The topological polar surface area (TPSA) is 0 Å². The molecule has 0 aromatic heterocycles. The summed E-state index contributed by atoms with van der Waals surface area (Å²) in [5.41, 5.74) is 0. The Morgan fingerprint density at radius 2 is 1.88 bits per heavy atom. The van der Waals surface area contributed by atoms with Gasteiger partial charge in [-0.25, -0.2) is 4.39 Å². The van der Waals surface area contributed by atoms with E-state index >= 15 is 0 Å². The summed E-state index contributed by atoms with van der Waals surface area (Å²) in [5.74, 6) is 0.337. The Bertz CT molecular complexity index is 60.8. The Kier molecular flexibility index (Phi) is 1.87. The molecule has 1 rings (SSSR count). The van der Waals surface area contributed by atoms with Gasteiger partial charge < -0.3 is 0 Å². The standard InChI is InChI=1S/C7H13F/c1-6-4-2-3-5-7(6)8/h6-7H,2-5H2,1H3/t6-,7+/m0/s1. The van der Waals surface area contributed by atoms with E-state index in [9.17, 15) is 4.39 Å². The van der Waals surface area contributed by atoms with Crippen LogP contribution in [-0.2, 0) is 0 Å². The normalized spacial score (nSPS) is 39.8. The first kappa shape index (κ1) is 6.06. The lowest BCUT2D eigenvalue weighted by atomic mass is 9.89. The first-order valence-electron chi connectivity index (χ1n) is 3.45. The van der Waals surface area contributed by atoms with Gasteiger partial charge in [0.25, 0.3) is 0 Å². The Labute approximate surface area is 50.1 Å². The highest BCUT2D eigenvalue weighted by Crippen LogP contribution is 2.25. The molecular formula is C7H13F. The van der Waals surface area contributed by atoms with Gasteiger partial charge in [0.2, 0.25) is 0 Å². The van der Waals surface area contributed by atoms with Crippen LogP contribution in [0, 0.1) is 5.92 Å². The van der Waals surface area contributed by atoms with Gasteiger partial charge in [0.05, 0.1) is 0 Å². The van der Waals surface area contributed by atoms with E-state index in [4.69, 9.17) is 0 Å². The number of halogens is 1. The zero-order valence-corrected chi connectivity index (χ0v) is 5.36. The van der Waals surface area contributed by atoms with Gasteiger partial charge >= 0.3 is 0 Å². The quantitative estimate of drug-likeness (QED) is 0.456. The molecule has 0 aliphatic heterocycles. The van der Waals surface area contributed by atoms with E-state index in [2.05, 4.69) is 0 Å². The van der Waals surface area contributed by atoms with Gasteiger partial charge in [-0.05, 0) is 18.8 Å². The van der Waals surface area contributed by atoms with Crippen molar-refractivity contribution in [3.05, 3.63) is 0 Å². The van der Waals surface area contributed by atoms with Gasteiger partial charge in [0.1, 0.15) is 6.17 Å². The Morgan fingerprint density at radius 3 is 2.25 bits per heavy atom. The van der Waals surface area contributed by atoms with E-state index in [1.165, 1.54) is 6.42 Å². The molecule has 0 spiro atoms. The minimum Gasteiger partial charge on any atom is -0.247 e. The van der Waals surface area contributed by atoms with Crippen LogP contribution in [0.5, 0.6) is 0 Å². The molecule has 0 amide bonds. The fraction of sp³-hybridized carbons (Fsp3) is 1.00. The third kappa shape index (κ3) is 1.21. The number of rotatable bonds is 0. The van der Waals surface area contributed by atoms with Crippen molar-refractivity contribution in [1.29, 1.82) is 0 Å². The van der Waals surface area contributed by atoms with Crippen LogP contribution in [0.3, 0.4) is 0 Å². The van der Waals surface area contributed by atoms with Crippen LogP contribution in [0.25, 0.3) is 0 Å². The molecule has 1 fully saturated rings. The summed E-state index contributed by atoms with van der Waals surface area (Å²) in [5, 5.41) is 0. The summed E-state index contributed by atoms with van der Waals surface area (Å²) in [6.45, 7) is 2.00. The van der Waals surface area contributed by atoms with Gasteiger partial charge in [0.15, 0.2) is 0 Å². The lowest BCUT2D eigenvalue weighted by Gasteiger charge is -2.21. The zero-order valence-electron chi connectivity index (χ0n) is 5.36. The molecule has 0 saturated heterocycles. The number of hydrogen-bond acceptors (Lipinski definition) is 0. The summed E-state index contributed by atoms with van der Waals surface area (Å²) in [6, 6.07) is 0. The third-order valence-corrected chi connectivity index (χ3v) is 2.01. The Balaban J connectivity index is 2.28. The molecule has 8 heavy (non-hydrogen) atoms. The monoisotopic (exact) mass is 116 g/mol. The molecule has 0 bridgehead atoms. The summed E-state index contributed by atoms with van der Waals surface area (Å²) in [6.07, 6.45) is 3.75. The second kappa shape index (κ2) is 2.47. The maximum absolute atomic E-state index is 12.6. The van der Waals surface area contributed by atoms with Crippen LogP contribution in [0.1, 0.15) is 32.6 Å². The summed E-state index contributed by atoms with van der Waals surface area (Å²) >= 11 is 0. The van der Waals surface area contributed by atoms with E-state index < -0.39 is 6.17 Å². The molecule has 48 valence electrons. The van der Waals surface area contributed by atoms with Crippen molar-refractivity contribution in [3.63, 3.8) is 0 Å². The van der Waals surface area contributed by atoms with Gasteiger partial charge in [-0.3, -0.25) is 0 Å². The highest BCUT2D eigenvalue weighted by molar-refractivity contribution is 4.70. The molecule has 0 nitrogen and oxygen atoms in total. The first-order valence-corrected chi connectivity index (χ1v) is 3.45. The van der Waals surface area contributed by atoms with Crippen LogP contribution >= 0.6 is 0 Å². The minimum absolute atomic E-state index is 0.337. The van der Waals surface area contributed by atoms with E-state index in [-0.39, 0.29) is 0 Å². The third-order valence-electron chi connectivity index (χ3n) is 2.01. The average molecular weight is 116 g/mol. The fourth-order valence-electron chi connectivity index (χ4n) is 1.27. The predicted molar refractivity (Wildman–Crippen MR) is 32.5 cm³/mol. The van der Waals surface area contributed by atoms with Crippen LogP contribution < -0.4 is 0 Å². The molecule has 0 unspecified atom stereocenters. The SMILES string of the molecule is C[C@H]1CCCC[C@H]1F. The highest BCUT2D eigenvalue weighted by Gasteiger charge is 2.19. The van der Waals surface area contributed by atoms with Crippen LogP contribution in [0.15, 0.2) is 0 Å². The van der Waals surface area contributed by atoms with Gasteiger partial charge in [0, 0.05) is 0 Å². The Hall–Kier alpha value is -0.0700. The van der Waals surface area contributed by atoms with Crippen molar-refractivity contribution in [2.24, 2.45) is 5.92 Å². The van der Waals surface area contributed by atoms with Crippen molar-refractivity contribution in [2.75, 3.05) is 0 Å². The van der Waals surface area contributed by atoms with Gasteiger partial charge in [-0.1, -0.05) is 19.8 Å². The summed E-state index contributed by atoms with van der Waals surface area (Å²) in [4.78, 5) is 0. The number of hydrogen-bond donors (Lipinski definition) is 0. The maximum Gasteiger partial charge on any atom is 0.103 e. The minimum atomic E-state index is -0.497. The van der Waals surface area contributed by atoms with Crippen molar-refractivity contribution in [2.45, 2.75) is 38.8 Å². The molecule has 0 heterocycles. The second-order valence-electron chi connectivity index (χ2n) is 2.78. The maximum atomic E-state index is 12.6. The van der Waals surface area contributed by atoms with Crippen molar-refractivity contribution >= 4 is 0 Å². The molecule has 1 aliphatic carbocycles. The smallest absolute Gasteiger partial charge is 0.103 e. The molecule has 0 aromatic carbocycles. The van der Waals surface area contributed by atoms with Crippen molar-refractivity contribution in [1.82, 2.24) is 0 Å². The molecule has 0 aromatic rings. The highest BCUT2D eigenvalue weighted by atomic mass is 19.1. The van der Waals surface area contributed by atoms with Gasteiger partial charge in [-0.2, -0.15) is 0 Å². The van der Waals surface area contributed by atoms with E-state index in [1.807, 2.05) is 6.92 Å². The zero-order chi connectivity index (χ0) is 5.98. The fourth-order valence-corrected chi connectivity index (χ4v) is 1.27. The largest absolute Gasteiger partial charge is 0.247 e. The molecule has 0 N–H and O–H groups in total. The molecule has 1 saturated carbocycles. The summed E-state index contributed by atoms with van der Waals surface area (Å²) < 4.78 is 12.6. The molecule has 1 aliphatic rings. The lowest BCUT2D eigenvalue weighted by molar-refractivity contribution is 0.179. The predicted octanol–water partition coefficient (Wildman–Crippen LogP) is 2.53. The molecular weight excluding hydrogens is 103 g/mol. The van der Waals surface area contributed by atoms with Crippen LogP contribution in [0.4, 0.5) is 4.39 Å². The Morgan fingerprint density at radius 1 is 1.25 bits per heavy atom. The van der Waals surface area contributed by atoms with E-state index in [1.54, 1.807) is 0 Å². The first-order chi connectivity index (χ1) is 3.80. The van der Waals surface area contributed by atoms with Crippen molar-refractivity contribution < 1.29 is 4.39 Å². The molecule has 1 heteroatoms. The average Bonchev–Trinajstić information content (AvgIpc) is 1.77. The second-order valence-corrected chi connectivity index (χ2v) is 2.78. The summed E-state index contributed by atoms with van der Waals surface area (Å²) in [7, 11) is 0. The number of alkyl halides is 1. The van der Waals surface area contributed by atoms with E-state index in [0.29, 0.717) is 5.92 Å². The van der Waals surface area contributed by atoms with E-state index in [0.717, 1.165) is 19.3 Å². The van der Waals surface area contributed by atoms with Crippen molar-refractivity contribution in [3.8, 4) is 0 Å². The van der Waals surface area contributed by atoms with Crippen LogP contribution in [-0.4, -0.2) is 6.17 Å². The molecule has 0 radical (unpaired) electrons.